The quantitative estimate of drug-likeness (QED) is 0.567. The summed E-state index contributed by atoms with van der Waals surface area (Å²) in [6.07, 6.45) is -0.333. The van der Waals surface area contributed by atoms with Crippen molar-refractivity contribution in [3.63, 3.8) is 0 Å². The highest BCUT2D eigenvalue weighted by Gasteiger charge is 2.34. The summed E-state index contributed by atoms with van der Waals surface area (Å²) in [5, 5.41) is 18.4. The molecule has 7 nitrogen and oxygen atoms in total. The molecule has 16 heavy (non-hydrogen) atoms. The van der Waals surface area contributed by atoms with Gasteiger partial charge < -0.3 is 20.7 Å². The maximum Gasteiger partial charge on any atom is 0.351 e. The number of nitrogens with zero attached hydrogens (tertiary/aromatic N) is 2. The van der Waals surface area contributed by atoms with Gasteiger partial charge in [-0.3, -0.25) is 4.57 Å². The van der Waals surface area contributed by atoms with Gasteiger partial charge in [-0.05, 0) is 6.07 Å². The molecule has 0 aromatic carbocycles. The van der Waals surface area contributed by atoms with E-state index in [1.165, 1.54) is 16.8 Å². The average Bonchev–Trinajstić information content (AvgIpc) is 2.59. The molecule has 2 heterocycles. The van der Waals surface area contributed by atoms with Gasteiger partial charge >= 0.3 is 5.69 Å². The van der Waals surface area contributed by atoms with E-state index in [0.717, 1.165) is 0 Å². The van der Waals surface area contributed by atoms with Crippen LogP contribution >= 0.6 is 0 Å². The summed E-state index contributed by atoms with van der Waals surface area (Å²) in [6, 6.07) is 1.48. The molecule has 0 aliphatic carbocycles. The van der Waals surface area contributed by atoms with Crippen LogP contribution in [0.5, 0.6) is 0 Å². The van der Waals surface area contributed by atoms with Crippen molar-refractivity contribution >= 4 is 5.82 Å². The van der Waals surface area contributed by atoms with Gasteiger partial charge in [-0.25, -0.2) is 4.79 Å². The van der Waals surface area contributed by atoms with Crippen molar-refractivity contribution in [2.45, 2.75) is 24.9 Å². The molecule has 1 aromatic rings. The number of hydrogen-bond acceptors (Lipinski definition) is 6. The summed E-state index contributed by atoms with van der Waals surface area (Å²) in [4.78, 5) is 15.0. The highest BCUT2D eigenvalue weighted by Crippen LogP contribution is 2.27. The molecule has 0 bridgehead atoms. The molecule has 0 unspecified atom stereocenters. The number of rotatable bonds is 2. The van der Waals surface area contributed by atoms with E-state index in [-0.39, 0.29) is 18.8 Å². The second kappa shape index (κ2) is 4.20. The van der Waals surface area contributed by atoms with Crippen LogP contribution < -0.4 is 11.4 Å². The highest BCUT2D eigenvalue weighted by atomic mass is 16.7. The molecular formula is C9H13N3O4. The van der Waals surface area contributed by atoms with Crippen molar-refractivity contribution in [2.24, 2.45) is 0 Å². The van der Waals surface area contributed by atoms with Crippen molar-refractivity contribution in [3.05, 3.63) is 22.7 Å². The van der Waals surface area contributed by atoms with Crippen molar-refractivity contribution < 1.29 is 14.9 Å². The molecule has 0 saturated carbocycles. The van der Waals surface area contributed by atoms with E-state index in [1.807, 2.05) is 0 Å². The van der Waals surface area contributed by atoms with Gasteiger partial charge in [0.05, 0.1) is 12.7 Å². The van der Waals surface area contributed by atoms with E-state index >= 15 is 0 Å². The van der Waals surface area contributed by atoms with Gasteiger partial charge in [0.25, 0.3) is 0 Å². The Bertz CT molecular complexity index is 433. The van der Waals surface area contributed by atoms with E-state index in [1.54, 1.807) is 0 Å². The van der Waals surface area contributed by atoms with E-state index in [2.05, 4.69) is 4.98 Å². The second-order valence-electron chi connectivity index (χ2n) is 3.66. The number of anilines is 1. The van der Waals surface area contributed by atoms with E-state index in [9.17, 15) is 9.90 Å². The molecular weight excluding hydrogens is 216 g/mol. The molecule has 3 atom stereocenters. The lowest BCUT2D eigenvalue weighted by atomic mass is 10.2. The molecule has 0 radical (unpaired) electrons. The summed E-state index contributed by atoms with van der Waals surface area (Å²) in [7, 11) is 0. The molecule has 7 heteroatoms. The third-order valence-electron chi connectivity index (χ3n) is 2.55. The zero-order valence-corrected chi connectivity index (χ0v) is 8.48. The first-order chi connectivity index (χ1) is 7.61. The minimum absolute atomic E-state index is 0.138. The van der Waals surface area contributed by atoms with Crippen molar-refractivity contribution in [3.8, 4) is 0 Å². The Morgan fingerprint density at radius 3 is 3.06 bits per heavy atom. The van der Waals surface area contributed by atoms with Gasteiger partial charge in [0, 0.05) is 12.6 Å². The molecule has 0 spiro atoms. The van der Waals surface area contributed by atoms with Gasteiger partial charge in [-0.1, -0.05) is 0 Å². The van der Waals surface area contributed by atoms with Gasteiger partial charge in [0.2, 0.25) is 0 Å². The average molecular weight is 229 g/mol. The SMILES string of the molecule is Nc1ccn([14C@H]2C[C@H](O)[C@@H](CO)O2)c(=O)n1. The molecule has 1 aromatic heterocycles. The Morgan fingerprint density at radius 2 is 2.50 bits per heavy atom. The number of nitrogens with two attached hydrogens (primary N) is 1. The molecule has 2 rings (SSSR count). The monoisotopic (exact) mass is 229 g/mol. The zero-order chi connectivity index (χ0) is 11.7. The van der Waals surface area contributed by atoms with Crippen molar-refractivity contribution in [1.29, 1.82) is 0 Å². The lowest BCUT2D eigenvalue weighted by Gasteiger charge is -2.13. The Morgan fingerprint density at radius 1 is 1.75 bits per heavy atom. The fraction of sp³-hybridized carbons (Fsp3) is 0.556. The third kappa shape index (κ3) is 1.92. The molecule has 0 amide bonds. The van der Waals surface area contributed by atoms with Crippen molar-refractivity contribution in [1.82, 2.24) is 9.55 Å². The lowest BCUT2D eigenvalue weighted by molar-refractivity contribution is -0.0458. The van der Waals surface area contributed by atoms with Crippen LogP contribution in [0.1, 0.15) is 12.6 Å². The number of aromatic nitrogens is 2. The van der Waals surface area contributed by atoms with Gasteiger partial charge in [0.1, 0.15) is 18.1 Å². The summed E-state index contributed by atoms with van der Waals surface area (Å²) < 4.78 is 6.56. The summed E-state index contributed by atoms with van der Waals surface area (Å²) in [5.74, 6) is 0.138. The third-order valence-corrected chi connectivity index (χ3v) is 2.55. The van der Waals surface area contributed by atoms with E-state index < -0.39 is 24.1 Å². The largest absolute Gasteiger partial charge is 0.394 e. The van der Waals surface area contributed by atoms with Crippen LogP contribution in [0.2, 0.25) is 0 Å². The molecule has 88 valence electrons. The minimum Gasteiger partial charge on any atom is -0.394 e. The molecule has 1 aliphatic heterocycles. The second-order valence-corrected chi connectivity index (χ2v) is 3.66. The fourth-order valence-corrected chi connectivity index (χ4v) is 1.70. The highest BCUT2D eigenvalue weighted by molar-refractivity contribution is 5.23. The van der Waals surface area contributed by atoms with Crippen LogP contribution in [-0.2, 0) is 4.74 Å². The fourth-order valence-electron chi connectivity index (χ4n) is 1.70. The molecule has 1 aliphatic rings. The Labute approximate surface area is 91.1 Å². The van der Waals surface area contributed by atoms with Gasteiger partial charge in [0.15, 0.2) is 0 Å². The number of hydrogen-bond donors (Lipinski definition) is 3. The maximum atomic E-state index is 11.5. The molecule has 1 saturated heterocycles. The Kier molecular flexibility index (Phi) is 2.90. The number of ether oxygens (including phenoxy) is 1. The van der Waals surface area contributed by atoms with Crippen LogP contribution in [0.15, 0.2) is 17.1 Å². The van der Waals surface area contributed by atoms with Gasteiger partial charge in [-0.2, -0.15) is 4.98 Å². The van der Waals surface area contributed by atoms with Crippen LogP contribution in [0.4, 0.5) is 5.82 Å². The summed E-state index contributed by atoms with van der Waals surface area (Å²) >= 11 is 0. The first-order valence-corrected chi connectivity index (χ1v) is 4.91. The number of aliphatic hydroxyl groups is 2. The first kappa shape index (κ1) is 11.1. The topological polar surface area (TPSA) is 111 Å². The van der Waals surface area contributed by atoms with Crippen LogP contribution in [0.3, 0.4) is 0 Å². The predicted octanol–water partition coefficient (Wildman–Crippen LogP) is -1.53. The standard InChI is InChI=1S/C9H13N3O4/c10-7-1-2-12(9(15)11-7)8-3-5(14)6(4-13)16-8/h1-2,5-6,8,13-14H,3-4H2,(H2,10,11,15)/t5-,6+,8+/m0/s1/i8+2. The summed E-state index contributed by atoms with van der Waals surface area (Å²) in [6.45, 7) is -0.283. The Balaban J connectivity index is 2.23. The Hall–Kier alpha value is -1.44. The zero-order valence-electron chi connectivity index (χ0n) is 8.48. The number of nitrogen functional groups attached to an aromatic ring is 1. The van der Waals surface area contributed by atoms with E-state index in [4.69, 9.17) is 15.6 Å². The lowest BCUT2D eigenvalue weighted by Crippen LogP contribution is -2.27. The molecule has 4 N–H and O–H groups in total. The summed E-state index contributed by atoms with van der Waals surface area (Å²) in [5.41, 5.74) is 4.82. The van der Waals surface area contributed by atoms with Gasteiger partial charge in [-0.15, -0.1) is 0 Å². The number of aliphatic hydroxyl groups excluding tert-OH is 2. The van der Waals surface area contributed by atoms with E-state index in [0.29, 0.717) is 0 Å². The van der Waals surface area contributed by atoms with Crippen molar-refractivity contribution in [2.75, 3.05) is 12.3 Å². The van der Waals surface area contributed by atoms with Crippen LogP contribution in [0, 0.1) is 0 Å². The normalized spacial score (nSPS) is 29.5. The smallest absolute Gasteiger partial charge is 0.351 e. The molecule has 1 fully saturated rings. The minimum atomic E-state index is -0.778. The maximum absolute atomic E-state index is 11.5. The predicted molar refractivity (Wildman–Crippen MR) is 54.5 cm³/mol. The first-order valence-electron chi connectivity index (χ1n) is 4.91. The van der Waals surface area contributed by atoms with Crippen LogP contribution in [-0.4, -0.2) is 38.6 Å². The van der Waals surface area contributed by atoms with Crippen LogP contribution in [0.25, 0.3) is 0 Å².